The number of hydrogen-bond donors (Lipinski definition) is 1. The minimum absolute atomic E-state index is 0.0766. The molecule has 2 rings (SSSR count). The van der Waals surface area contributed by atoms with Gasteiger partial charge in [0.05, 0.1) is 0 Å². The van der Waals surface area contributed by atoms with Crippen LogP contribution in [0.1, 0.15) is 92.5 Å². The average Bonchev–Trinajstić information content (AvgIpc) is 2.75. The van der Waals surface area contributed by atoms with Crippen LogP contribution < -0.4 is 5.73 Å². The van der Waals surface area contributed by atoms with E-state index in [0.717, 1.165) is 46.2 Å². The largest absolute Gasteiger partial charge is 0.322 e. The van der Waals surface area contributed by atoms with Gasteiger partial charge in [-0.25, -0.2) is 0 Å². The summed E-state index contributed by atoms with van der Waals surface area (Å²) in [4.78, 5) is 0. The summed E-state index contributed by atoms with van der Waals surface area (Å²) >= 11 is 0. The van der Waals surface area contributed by atoms with E-state index in [2.05, 4.69) is 72.7 Å². The third-order valence-electron chi connectivity index (χ3n) is 6.25. The van der Waals surface area contributed by atoms with Crippen LogP contribution in [0.25, 0.3) is 41.5 Å². The maximum Gasteiger partial charge on any atom is 0.0358 e. The molecule has 0 unspecified atom stereocenters. The Morgan fingerprint density at radius 3 is 1.64 bits per heavy atom. The van der Waals surface area contributed by atoms with Crippen LogP contribution in [-0.4, -0.2) is 0 Å². The molecule has 0 aromatic heterocycles. The van der Waals surface area contributed by atoms with E-state index in [9.17, 15) is 0 Å². The van der Waals surface area contributed by atoms with Gasteiger partial charge in [-0.15, -0.1) is 0 Å². The minimum Gasteiger partial charge on any atom is -0.322 e. The summed E-state index contributed by atoms with van der Waals surface area (Å²) in [6.07, 6.45) is 11.7. The maximum atomic E-state index is 6.51. The van der Waals surface area contributed by atoms with Crippen LogP contribution in [0.4, 0.5) is 0 Å². The lowest BCUT2D eigenvalue weighted by Crippen LogP contribution is -2.30. The van der Waals surface area contributed by atoms with Crippen molar-refractivity contribution in [2.45, 2.75) is 65.3 Å². The van der Waals surface area contributed by atoms with Crippen LogP contribution in [-0.2, 0) is 17.4 Å². The number of hydrogen-bond acceptors (Lipinski definition) is 1. The lowest BCUT2D eigenvalue weighted by molar-refractivity contribution is 0.553. The molecule has 33 heavy (non-hydrogen) atoms. The van der Waals surface area contributed by atoms with Gasteiger partial charge in [0.25, 0.3) is 0 Å². The molecule has 2 N–H and O–H groups in total. The lowest BCUT2D eigenvalue weighted by atomic mass is 9.72. The van der Waals surface area contributed by atoms with Gasteiger partial charge in [0.15, 0.2) is 0 Å². The molecule has 0 heterocycles. The van der Waals surface area contributed by atoms with Crippen LogP contribution in [0.5, 0.6) is 0 Å². The van der Waals surface area contributed by atoms with Crippen LogP contribution in [0, 0.1) is 0 Å². The monoisotopic (exact) mass is 439 g/mol. The van der Waals surface area contributed by atoms with Gasteiger partial charge in [0.1, 0.15) is 0 Å². The van der Waals surface area contributed by atoms with Crippen LogP contribution in [0.3, 0.4) is 0 Å². The summed E-state index contributed by atoms with van der Waals surface area (Å²) in [5.41, 5.74) is 17.3. The normalized spacial score (nSPS) is 11.7. The van der Waals surface area contributed by atoms with Gasteiger partial charge in [-0.2, -0.15) is 0 Å². The van der Waals surface area contributed by atoms with Gasteiger partial charge in [0.2, 0.25) is 0 Å². The minimum atomic E-state index is -0.498. The Kier molecular flexibility index (Phi) is 7.93. The SMILES string of the molecule is C=Cc1c(-c2c(C=C)c(C=C)c(C(C)(C)C)c(C=C)c2CCC)ccc(C(C)(C)N)c1C=C. The smallest absolute Gasteiger partial charge is 0.0358 e. The second-order valence-corrected chi connectivity index (χ2v) is 10.2. The molecule has 0 saturated heterocycles. The molecular weight excluding hydrogens is 398 g/mol. The third kappa shape index (κ3) is 4.75. The Labute approximate surface area is 202 Å². The molecule has 1 nitrogen and oxygen atoms in total. The molecule has 0 bridgehead atoms. The first-order chi connectivity index (χ1) is 15.4. The van der Waals surface area contributed by atoms with E-state index < -0.39 is 5.54 Å². The molecule has 0 aliphatic heterocycles. The molecule has 0 radical (unpaired) electrons. The molecule has 2 aromatic carbocycles. The molecule has 0 spiro atoms. The zero-order valence-corrected chi connectivity index (χ0v) is 21.6. The Morgan fingerprint density at radius 1 is 0.727 bits per heavy atom. The predicted octanol–water partition coefficient (Wildman–Crippen LogP) is 9.01. The fraction of sp³-hybridized carbons (Fsp3) is 0.312. The van der Waals surface area contributed by atoms with Crippen molar-refractivity contribution in [3.05, 3.63) is 89.5 Å². The molecule has 0 aliphatic carbocycles. The Morgan fingerprint density at radius 2 is 1.24 bits per heavy atom. The predicted molar refractivity (Wildman–Crippen MR) is 152 cm³/mol. The number of nitrogens with two attached hydrogens (primary N) is 1. The highest BCUT2D eigenvalue weighted by Gasteiger charge is 2.29. The van der Waals surface area contributed by atoms with Crippen molar-refractivity contribution in [3.8, 4) is 11.1 Å². The molecule has 0 saturated carbocycles. The van der Waals surface area contributed by atoms with Crippen molar-refractivity contribution in [2.75, 3.05) is 0 Å². The van der Waals surface area contributed by atoms with E-state index in [0.29, 0.717) is 0 Å². The van der Waals surface area contributed by atoms with Crippen molar-refractivity contribution in [1.82, 2.24) is 0 Å². The highest BCUT2D eigenvalue weighted by Crippen LogP contribution is 2.45. The summed E-state index contributed by atoms with van der Waals surface area (Å²) in [6, 6.07) is 4.30. The molecule has 0 fully saturated rings. The number of benzene rings is 2. The second kappa shape index (κ2) is 9.93. The fourth-order valence-electron chi connectivity index (χ4n) is 4.99. The molecule has 1 heteroatoms. The lowest BCUT2D eigenvalue weighted by Gasteiger charge is -2.31. The first-order valence-electron chi connectivity index (χ1n) is 11.7. The number of rotatable bonds is 9. The van der Waals surface area contributed by atoms with Crippen molar-refractivity contribution >= 4 is 30.4 Å². The van der Waals surface area contributed by atoms with E-state index in [-0.39, 0.29) is 5.41 Å². The Hall–Kier alpha value is -2.90. The Bertz CT molecular complexity index is 1110. The Balaban J connectivity index is 3.25. The van der Waals surface area contributed by atoms with Crippen LogP contribution >= 0.6 is 0 Å². The zero-order valence-electron chi connectivity index (χ0n) is 21.6. The van der Waals surface area contributed by atoms with Crippen molar-refractivity contribution in [1.29, 1.82) is 0 Å². The van der Waals surface area contributed by atoms with Crippen LogP contribution in [0.2, 0.25) is 0 Å². The quantitative estimate of drug-likeness (QED) is 0.414. The second-order valence-electron chi connectivity index (χ2n) is 10.2. The van der Waals surface area contributed by atoms with Gasteiger partial charge >= 0.3 is 0 Å². The van der Waals surface area contributed by atoms with E-state index in [1.165, 1.54) is 22.3 Å². The fourth-order valence-corrected chi connectivity index (χ4v) is 4.99. The van der Waals surface area contributed by atoms with E-state index in [1.54, 1.807) is 0 Å². The van der Waals surface area contributed by atoms with Crippen LogP contribution in [0.15, 0.2) is 45.0 Å². The molecule has 174 valence electrons. The summed E-state index contributed by atoms with van der Waals surface area (Å²) < 4.78 is 0. The summed E-state index contributed by atoms with van der Waals surface area (Å²) in [5.74, 6) is 0. The molecule has 2 aromatic rings. The first kappa shape index (κ1) is 26.4. The summed E-state index contributed by atoms with van der Waals surface area (Å²) in [5, 5.41) is 0. The first-order valence-corrected chi connectivity index (χ1v) is 11.7. The van der Waals surface area contributed by atoms with E-state index in [1.807, 2.05) is 44.2 Å². The van der Waals surface area contributed by atoms with Crippen molar-refractivity contribution in [2.24, 2.45) is 5.73 Å². The van der Waals surface area contributed by atoms with Gasteiger partial charge < -0.3 is 5.73 Å². The topological polar surface area (TPSA) is 26.0 Å². The highest BCUT2D eigenvalue weighted by atomic mass is 14.7. The third-order valence-corrected chi connectivity index (χ3v) is 6.25. The van der Waals surface area contributed by atoms with E-state index in [4.69, 9.17) is 5.73 Å². The van der Waals surface area contributed by atoms with Gasteiger partial charge in [0, 0.05) is 5.54 Å². The standard InChI is InChI=1S/C32H41N/c1-12-18-26-25(17-6)30(31(7,8)9)24(16-5)23(15-4)29(26)27-19-20-28(32(10,11)33)22(14-3)21(27)13-2/h13-17,19-20H,2-6,12,18,33H2,1,7-11H3. The highest BCUT2D eigenvalue weighted by molar-refractivity contribution is 5.93. The van der Waals surface area contributed by atoms with E-state index >= 15 is 0 Å². The molecular formula is C32H41N. The average molecular weight is 440 g/mol. The zero-order chi connectivity index (χ0) is 25.1. The maximum absolute atomic E-state index is 6.51. The molecule has 0 atom stereocenters. The molecule has 0 aliphatic rings. The summed E-state index contributed by atoms with van der Waals surface area (Å²) in [7, 11) is 0. The van der Waals surface area contributed by atoms with Crippen molar-refractivity contribution < 1.29 is 0 Å². The van der Waals surface area contributed by atoms with Crippen molar-refractivity contribution in [3.63, 3.8) is 0 Å². The summed E-state index contributed by atoms with van der Waals surface area (Å²) in [6.45, 7) is 33.9. The van der Waals surface area contributed by atoms with Gasteiger partial charge in [-0.05, 0) is 81.3 Å². The van der Waals surface area contributed by atoms with Gasteiger partial charge in [-0.3, -0.25) is 0 Å². The molecule has 0 amide bonds. The van der Waals surface area contributed by atoms with Gasteiger partial charge in [-0.1, -0.05) is 110 Å².